The van der Waals surface area contributed by atoms with Gasteiger partial charge in [-0.1, -0.05) is 46.8 Å². The maximum atomic E-state index is 2.72. The van der Waals surface area contributed by atoms with Gasteiger partial charge < -0.3 is 0 Å². The monoisotopic (exact) mass is 342 g/mol. The fourth-order valence-corrected chi connectivity index (χ4v) is 8.71. The number of hydrogen-bond acceptors (Lipinski definition) is 0. The van der Waals surface area contributed by atoms with Crippen LogP contribution in [0.15, 0.2) is 12.2 Å². The smallest absolute Gasteiger partial charge is 0.0177 e. The number of fused-ring (bicyclic) bond motifs is 5. The highest BCUT2D eigenvalue weighted by Crippen LogP contribution is 2.67. The van der Waals surface area contributed by atoms with Gasteiger partial charge in [0.05, 0.1) is 0 Å². The predicted octanol–water partition coefficient (Wildman–Crippen LogP) is 7.49. The summed E-state index contributed by atoms with van der Waals surface area (Å²) in [6, 6.07) is 0. The first-order valence-electron chi connectivity index (χ1n) is 11.5. The zero-order chi connectivity index (χ0) is 17.8. The lowest BCUT2D eigenvalue weighted by Crippen LogP contribution is -2.52. The Morgan fingerprint density at radius 1 is 0.880 bits per heavy atom. The van der Waals surface area contributed by atoms with Gasteiger partial charge in [0.15, 0.2) is 0 Å². The molecule has 0 radical (unpaired) electrons. The molecule has 0 amide bonds. The van der Waals surface area contributed by atoms with Gasteiger partial charge >= 0.3 is 0 Å². The van der Waals surface area contributed by atoms with Crippen molar-refractivity contribution in [2.45, 2.75) is 92.4 Å². The van der Waals surface area contributed by atoms with Gasteiger partial charge in [-0.15, -0.1) is 0 Å². The second kappa shape index (κ2) is 6.42. The van der Waals surface area contributed by atoms with Crippen molar-refractivity contribution in [2.75, 3.05) is 0 Å². The zero-order valence-corrected chi connectivity index (χ0v) is 17.6. The molecular formula is C25H42. The van der Waals surface area contributed by atoms with Gasteiger partial charge in [0.1, 0.15) is 0 Å². The van der Waals surface area contributed by atoms with Gasteiger partial charge in [-0.2, -0.15) is 0 Å². The molecule has 3 saturated carbocycles. The lowest BCUT2D eigenvalue weighted by atomic mass is 9.45. The predicted molar refractivity (Wildman–Crippen MR) is 108 cm³/mol. The standard InChI is InChI=1S/C25H42/c1-17(2)16-18(3)21-11-12-22-20-10-9-19-8-6-7-14-24(19,4)23(20)13-15-25(21,22)5/h6,8,17-23H,7,9-16H2,1-5H3/t18-,19-,20+,21-,22+,23+,24+,25-/m1/s1. The maximum absolute atomic E-state index is 2.72. The van der Waals surface area contributed by atoms with E-state index in [-0.39, 0.29) is 0 Å². The first-order chi connectivity index (χ1) is 11.9. The van der Waals surface area contributed by atoms with E-state index in [4.69, 9.17) is 0 Å². The maximum Gasteiger partial charge on any atom is -0.0177 e. The first-order valence-corrected chi connectivity index (χ1v) is 11.5. The topological polar surface area (TPSA) is 0 Å². The molecule has 25 heavy (non-hydrogen) atoms. The average molecular weight is 343 g/mol. The van der Waals surface area contributed by atoms with Gasteiger partial charge in [0.2, 0.25) is 0 Å². The van der Waals surface area contributed by atoms with Crippen molar-refractivity contribution in [2.24, 2.45) is 52.3 Å². The van der Waals surface area contributed by atoms with Crippen molar-refractivity contribution in [1.29, 1.82) is 0 Å². The average Bonchev–Trinajstić information content (AvgIpc) is 2.91. The minimum absolute atomic E-state index is 0.626. The molecule has 0 saturated heterocycles. The number of allylic oxidation sites excluding steroid dienone is 2. The highest BCUT2D eigenvalue weighted by Gasteiger charge is 2.59. The fourth-order valence-electron chi connectivity index (χ4n) is 8.71. The molecule has 142 valence electrons. The molecule has 8 atom stereocenters. The lowest BCUT2D eigenvalue weighted by molar-refractivity contribution is -0.0958. The largest absolute Gasteiger partial charge is 0.0882 e. The summed E-state index contributed by atoms with van der Waals surface area (Å²) in [4.78, 5) is 0. The highest BCUT2D eigenvalue weighted by atomic mass is 14.6. The van der Waals surface area contributed by atoms with Crippen molar-refractivity contribution in [3.63, 3.8) is 0 Å². The molecule has 0 aliphatic heterocycles. The lowest BCUT2D eigenvalue weighted by Gasteiger charge is -2.60. The Hall–Kier alpha value is -0.260. The Kier molecular flexibility index (Phi) is 4.65. The normalized spacial score (nSPS) is 50.2. The van der Waals surface area contributed by atoms with Crippen LogP contribution in [0, 0.1) is 52.3 Å². The SMILES string of the molecule is CC(C)C[C@@H](C)[C@H]1CC[C@H]2[C@@H]3CC[C@H]4C=CCC[C@]4(C)[C@H]3CC[C@]12C. The van der Waals surface area contributed by atoms with Crippen LogP contribution in [0.4, 0.5) is 0 Å². The summed E-state index contributed by atoms with van der Waals surface area (Å²) in [5.74, 6) is 6.78. The molecule has 0 spiro atoms. The summed E-state index contributed by atoms with van der Waals surface area (Å²) in [5.41, 5.74) is 1.28. The van der Waals surface area contributed by atoms with E-state index in [0.717, 1.165) is 41.4 Å². The van der Waals surface area contributed by atoms with Crippen LogP contribution in [-0.4, -0.2) is 0 Å². The van der Waals surface area contributed by atoms with E-state index in [0.29, 0.717) is 10.8 Å². The first kappa shape index (κ1) is 18.1. The van der Waals surface area contributed by atoms with E-state index in [9.17, 15) is 0 Å². The molecule has 0 nitrogen and oxygen atoms in total. The van der Waals surface area contributed by atoms with E-state index in [1.165, 1.54) is 51.4 Å². The molecule has 0 bridgehead atoms. The van der Waals surface area contributed by atoms with Crippen molar-refractivity contribution in [1.82, 2.24) is 0 Å². The third-order valence-corrected chi connectivity index (χ3v) is 9.76. The van der Waals surface area contributed by atoms with E-state index < -0.39 is 0 Å². The van der Waals surface area contributed by atoms with Crippen LogP contribution >= 0.6 is 0 Å². The fraction of sp³-hybridized carbons (Fsp3) is 0.920. The number of hydrogen-bond donors (Lipinski definition) is 0. The molecule has 0 heteroatoms. The zero-order valence-electron chi connectivity index (χ0n) is 17.6. The second-order valence-corrected chi connectivity index (χ2v) is 11.4. The summed E-state index contributed by atoms with van der Waals surface area (Å²) in [6.45, 7) is 12.8. The van der Waals surface area contributed by atoms with Crippen LogP contribution < -0.4 is 0 Å². The summed E-state index contributed by atoms with van der Waals surface area (Å²) in [7, 11) is 0. The third-order valence-electron chi connectivity index (χ3n) is 9.76. The Morgan fingerprint density at radius 3 is 2.40 bits per heavy atom. The van der Waals surface area contributed by atoms with E-state index >= 15 is 0 Å². The molecule has 0 N–H and O–H groups in total. The summed E-state index contributed by atoms with van der Waals surface area (Å²) in [6.07, 6.45) is 18.5. The summed E-state index contributed by atoms with van der Waals surface area (Å²) >= 11 is 0. The second-order valence-electron chi connectivity index (χ2n) is 11.4. The Labute approximate surface area is 157 Å². The van der Waals surface area contributed by atoms with Crippen molar-refractivity contribution < 1.29 is 0 Å². The highest BCUT2D eigenvalue weighted by molar-refractivity contribution is 5.13. The minimum atomic E-state index is 0.626. The summed E-state index contributed by atoms with van der Waals surface area (Å²) in [5, 5.41) is 0. The van der Waals surface area contributed by atoms with Gasteiger partial charge in [0, 0.05) is 0 Å². The molecule has 4 aliphatic carbocycles. The van der Waals surface area contributed by atoms with Crippen LogP contribution in [0.25, 0.3) is 0 Å². The molecule has 0 aromatic heterocycles. The molecular weight excluding hydrogens is 300 g/mol. The van der Waals surface area contributed by atoms with E-state index in [1.54, 1.807) is 6.42 Å². The molecule has 0 unspecified atom stereocenters. The van der Waals surface area contributed by atoms with Gasteiger partial charge in [-0.25, -0.2) is 0 Å². The van der Waals surface area contributed by atoms with Crippen molar-refractivity contribution >= 4 is 0 Å². The molecule has 0 aromatic carbocycles. The third kappa shape index (κ3) is 2.76. The summed E-state index contributed by atoms with van der Waals surface area (Å²) < 4.78 is 0. The molecule has 0 aromatic rings. The molecule has 4 aliphatic rings. The van der Waals surface area contributed by atoms with Crippen LogP contribution in [0.1, 0.15) is 92.4 Å². The van der Waals surface area contributed by atoms with E-state index in [2.05, 4.69) is 46.8 Å². The van der Waals surface area contributed by atoms with Gasteiger partial charge in [0.25, 0.3) is 0 Å². The van der Waals surface area contributed by atoms with Gasteiger partial charge in [-0.3, -0.25) is 0 Å². The van der Waals surface area contributed by atoms with Crippen molar-refractivity contribution in [3.8, 4) is 0 Å². The van der Waals surface area contributed by atoms with E-state index in [1.807, 2.05) is 0 Å². The number of rotatable bonds is 3. The quantitative estimate of drug-likeness (QED) is 0.466. The Balaban J connectivity index is 1.56. The Morgan fingerprint density at radius 2 is 1.64 bits per heavy atom. The minimum Gasteiger partial charge on any atom is -0.0882 e. The Bertz CT molecular complexity index is 516. The van der Waals surface area contributed by atoms with Crippen LogP contribution in [0.3, 0.4) is 0 Å². The molecule has 4 rings (SSSR count). The molecule has 3 fully saturated rings. The van der Waals surface area contributed by atoms with Crippen molar-refractivity contribution in [3.05, 3.63) is 12.2 Å². The molecule has 0 heterocycles. The van der Waals surface area contributed by atoms with Crippen LogP contribution in [0.2, 0.25) is 0 Å². The van der Waals surface area contributed by atoms with Crippen LogP contribution in [0.5, 0.6) is 0 Å². The van der Waals surface area contributed by atoms with Crippen LogP contribution in [-0.2, 0) is 0 Å². The van der Waals surface area contributed by atoms with Gasteiger partial charge in [-0.05, 0) is 110 Å².